The van der Waals surface area contributed by atoms with E-state index >= 15 is 0 Å². The number of imidazole rings is 1. The van der Waals surface area contributed by atoms with Crippen molar-refractivity contribution in [2.45, 2.75) is 0 Å². The number of para-hydroxylation sites is 2. The van der Waals surface area contributed by atoms with Crippen LogP contribution >= 0.6 is 0 Å². The quantitative estimate of drug-likeness (QED) is 0.488. The van der Waals surface area contributed by atoms with Crippen LogP contribution in [-0.2, 0) is 7.05 Å². The van der Waals surface area contributed by atoms with Crippen LogP contribution in [0.3, 0.4) is 0 Å². The zero-order valence-electron chi connectivity index (χ0n) is 15.5. The number of ether oxygens (including phenoxy) is 2. The number of aromatic amines is 1. The van der Waals surface area contributed by atoms with Crippen LogP contribution < -0.4 is 9.47 Å². The van der Waals surface area contributed by atoms with Gasteiger partial charge in [0.2, 0.25) is 0 Å². The molecule has 0 radical (unpaired) electrons. The minimum absolute atomic E-state index is 0.714. The van der Waals surface area contributed by atoms with Gasteiger partial charge in [0.25, 0.3) is 0 Å². The summed E-state index contributed by atoms with van der Waals surface area (Å²) < 4.78 is 13.3. The van der Waals surface area contributed by atoms with Gasteiger partial charge in [0.05, 0.1) is 23.7 Å². The third kappa shape index (κ3) is 2.66. The van der Waals surface area contributed by atoms with Gasteiger partial charge in [-0.2, -0.15) is 5.10 Å². The molecule has 138 valence electrons. The fourth-order valence-electron chi connectivity index (χ4n) is 3.39. The summed E-state index contributed by atoms with van der Waals surface area (Å²) in [6.07, 6.45) is 0. The van der Waals surface area contributed by atoms with Gasteiger partial charge in [0, 0.05) is 18.5 Å². The smallest absolute Gasteiger partial charge is 0.162 e. The molecule has 2 aromatic heterocycles. The van der Waals surface area contributed by atoms with E-state index in [1.807, 2.05) is 67.7 Å². The summed E-state index contributed by atoms with van der Waals surface area (Å²) in [6, 6.07) is 21.4. The molecule has 0 saturated carbocycles. The molecular weight excluding hydrogens is 352 g/mol. The van der Waals surface area contributed by atoms with E-state index in [2.05, 4.69) is 20.8 Å². The summed E-state index contributed by atoms with van der Waals surface area (Å²) in [5.74, 6) is 3.00. The summed E-state index contributed by atoms with van der Waals surface area (Å²) in [5.41, 5.74) is 3.74. The van der Waals surface area contributed by atoms with E-state index in [0.717, 1.165) is 45.0 Å². The van der Waals surface area contributed by atoms with Gasteiger partial charge < -0.3 is 14.0 Å². The van der Waals surface area contributed by atoms with Crippen molar-refractivity contribution in [2.24, 2.45) is 7.05 Å². The van der Waals surface area contributed by atoms with Crippen molar-refractivity contribution >= 4 is 21.9 Å². The summed E-state index contributed by atoms with van der Waals surface area (Å²) in [4.78, 5) is 4.76. The monoisotopic (exact) mass is 370 g/mol. The van der Waals surface area contributed by atoms with Gasteiger partial charge in [-0.3, -0.25) is 5.10 Å². The van der Waals surface area contributed by atoms with E-state index in [1.54, 1.807) is 7.11 Å². The number of nitrogens with one attached hydrogen (secondary N) is 1. The lowest BCUT2D eigenvalue weighted by Crippen LogP contribution is -1.93. The SMILES string of the molecule is COc1cccc(Oc2ccc3[nH]nc(-c4nc5ccccc5n4C)c3c2)c1. The molecule has 0 aliphatic rings. The molecule has 0 amide bonds. The van der Waals surface area contributed by atoms with Crippen molar-refractivity contribution < 1.29 is 9.47 Å². The average molecular weight is 370 g/mol. The molecule has 0 bridgehead atoms. The molecule has 0 saturated heterocycles. The van der Waals surface area contributed by atoms with E-state index in [9.17, 15) is 0 Å². The highest BCUT2D eigenvalue weighted by Crippen LogP contribution is 2.32. The Bertz CT molecular complexity index is 1300. The summed E-state index contributed by atoms with van der Waals surface area (Å²) in [6.45, 7) is 0. The van der Waals surface area contributed by atoms with Crippen LogP contribution in [0.5, 0.6) is 17.2 Å². The maximum Gasteiger partial charge on any atom is 0.162 e. The topological polar surface area (TPSA) is 65.0 Å². The molecule has 0 fully saturated rings. The van der Waals surface area contributed by atoms with Gasteiger partial charge in [-0.05, 0) is 42.5 Å². The first-order chi connectivity index (χ1) is 13.7. The Labute approximate surface area is 161 Å². The number of H-pyrrole nitrogens is 1. The lowest BCUT2D eigenvalue weighted by molar-refractivity contribution is 0.409. The van der Waals surface area contributed by atoms with E-state index in [1.165, 1.54) is 0 Å². The number of methoxy groups -OCH3 is 1. The molecule has 0 aliphatic carbocycles. The summed E-state index contributed by atoms with van der Waals surface area (Å²) >= 11 is 0. The number of fused-ring (bicyclic) bond motifs is 2. The van der Waals surface area contributed by atoms with Crippen LogP contribution in [0.2, 0.25) is 0 Å². The Hall–Kier alpha value is -3.80. The van der Waals surface area contributed by atoms with Crippen LogP contribution in [0.1, 0.15) is 0 Å². The van der Waals surface area contributed by atoms with Crippen molar-refractivity contribution in [1.29, 1.82) is 0 Å². The Morgan fingerprint density at radius 1 is 0.893 bits per heavy atom. The van der Waals surface area contributed by atoms with Crippen LogP contribution in [0.4, 0.5) is 0 Å². The Morgan fingerprint density at radius 3 is 2.57 bits per heavy atom. The molecule has 3 aromatic carbocycles. The van der Waals surface area contributed by atoms with E-state index in [-0.39, 0.29) is 0 Å². The van der Waals surface area contributed by atoms with Gasteiger partial charge in [0.1, 0.15) is 22.9 Å². The van der Waals surface area contributed by atoms with Gasteiger partial charge in [0.15, 0.2) is 5.82 Å². The Morgan fingerprint density at radius 2 is 1.71 bits per heavy atom. The van der Waals surface area contributed by atoms with Gasteiger partial charge in [-0.25, -0.2) is 4.98 Å². The van der Waals surface area contributed by atoms with Crippen molar-refractivity contribution in [3.8, 4) is 28.8 Å². The molecule has 0 atom stereocenters. The van der Waals surface area contributed by atoms with Crippen molar-refractivity contribution in [3.05, 3.63) is 66.7 Å². The minimum atomic E-state index is 0.714. The first kappa shape index (κ1) is 16.4. The Balaban J connectivity index is 1.59. The second kappa shape index (κ2) is 6.42. The molecular formula is C22H18N4O2. The van der Waals surface area contributed by atoms with Crippen LogP contribution in [0.25, 0.3) is 33.5 Å². The van der Waals surface area contributed by atoms with Crippen molar-refractivity contribution in [1.82, 2.24) is 19.7 Å². The molecule has 0 unspecified atom stereocenters. The highest BCUT2D eigenvalue weighted by atomic mass is 16.5. The van der Waals surface area contributed by atoms with Crippen molar-refractivity contribution in [3.63, 3.8) is 0 Å². The zero-order valence-corrected chi connectivity index (χ0v) is 15.5. The molecule has 0 aliphatic heterocycles. The van der Waals surface area contributed by atoms with Gasteiger partial charge in [-0.15, -0.1) is 0 Å². The fraction of sp³-hybridized carbons (Fsp3) is 0.0909. The van der Waals surface area contributed by atoms with Gasteiger partial charge >= 0.3 is 0 Å². The standard InChI is InChI=1S/C22H18N4O2/c1-26-20-9-4-3-8-19(20)23-22(26)21-17-13-16(10-11-18(17)24-25-21)28-15-7-5-6-14(12-15)27-2/h3-13H,1-2H3,(H,24,25). The number of benzene rings is 3. The van der Waals surface area contributed by atoms with Crippen LogP contribution in [0.15, 0.2) is 66.7 Å². The number of aromatic nitrogens is 4. The Kier molecular flexibility index (Phi) is 3.76. The first-order valence-corrected chi connectivity index (χ1v) is 8.95. The summed E-state index contributed by atoms with van der Waals surface area (Å²) in [5, 5.41) is 8.56. The molecule has 6 heteroatoms. The second-order valence-electron chi connectivity index (χ2n) is 6.54. The molecule has 28 heavy (non-hydrogen) atoms. The number of rotatable bonds is 4. The van der Waals surface area contributed by atoms with E-state index in [0.29, 0.717) is 5.75 Å². The maximum atomic E-state index is 6.03. The largest absolute Gasteiger partial charge is 0.497 e. The zero-order chi connectivity index (χ0) is 19.1. The number of hydrogen-bond donors (Lipinski definition) is 1. The minimum Gasteiger partial charge on any atom is -0.497 e. The van der Waals surface area contributed by atoms with Crippen LogP contribution in [-0.4, -0.2) is 26.9 Å². The lowest BCUT2D eigenvalue weighted by Gasteiger charge is -2.07. The van der Waals surface area contributed by atoms with Crippen LogP contribution in [0, 0.1) is 0 Å². The predicted molar refractivity (Wildman–Crippen MR) is 109 cm³/mol. The molecule has 2 heterocycles. The highest BCUT2D eigenvalue weighted by molar-refractivity contribution is 5.94. The highest BCUT2D eigenvalue weighted by Gasteiger charge is 2.16. The number of hydrogen-bond acceptors (Lipinski definition) is 4. The normalized spacial score (nSPS) is 11.2. The van der Waals surface area contributed by atoms with Gasteiger partial charge in [-0.1, -0.05) is 18.2 Å². The molecule has 6 nitrogen and oxygen atoms in total. The predicted octanol–water partition coefficient (Wildman–Crippen LogP) is 4.92. The molecule has 5 rings (SSSR count). The average Bonchev–Trinajstić information content (AvgIpc) is 3.29. The third-order valence-corrected chi connectivity index (χ3v) is 4.81. The third-order valence-electron chi connectivity index (χ3n) is 4.81. The maximum absolute atomic E-state index is 6.03. The fourth-order valence-corrected chi connectivity index (χ4v) is 3.39. The second-order valence-corrected chi connectivity index (χ2v) is 6.54. The molecule has 5 aromatic rings. The van der Waals surface area contributed by atoms with E-state index in [4.69, 9.17) is 14.5 Å². The number of aryl methyl sites for hydroxylation is 1. The number of nitrogens with zero attached hydrogens (tertiary/aromatic N) is 3. The van der Waals surface area contributed by atoms with Crippen molar-refractivity contribution in [2.75, 3.05) is 7.11 Å². The first-order valence-electron chi connectivity index (χ1n) is 8.95. The lowest BCUT2D eigenvalue weighted by atomic mass is 10.2. The molecule has 1 N–H and O–H groups in total. The summed E-state index contributed by atoms with van der Waals surface area (Å²) in [7, 11) is 3.64. The van der Waals surface area contributed by atoms with E-state index < -0.39 is 0 Å². The molecule has 0 spiro atoms.